The molecule has 6 heterocycles. The lowest BCUT2D eigenvalue weighted by Crippen LogP contribution is -2.54. The molecule has 74 heavy (non-hydrogen) atoms. The van der Waals surface area contributed by atoms with Gasteiger partial charge in [-0.3, -0.25) is 44.0 Å². The number of fused-ring (bicyclic) bond motifs is 3. The van der Waals surface area contributed by atoms with Crippen LogP contribution in [0, 0.1) is 0 Å². The highest BCUT2D eigenvalue weighted by Gasteiger charge is 2.45. The summed E-state index contributed by atoms with van der Waals surface area (Å²) in [5.74, 6) is -1.56. The number of aromatic nitrogens is 5. The zero-order valence-corrected chi connectivity index (χ0v) is 41.6. The second kappa shape index (κ2) is 22.7. The number of hydrogen-bond donors (Lipinski definition) is 6. The number of rotatable bonds is 20. The maximum absolute atomic E-state index is 13.3. The summed E-state index contributed by atoms with van der Waals surface area (Å²) in [5.41, 5.74) is 12.0. The average Bonchev–Trinajstić information content (AvgIpc) is 3.94. The Kier molecular flexibility index (Phi) is 15.6. The van der Waals surface area contributed by atoms with Crippen molar-refractivity contribution >= 4 is 75.1 Å². The van der Waals surface area contributed by atoms with Crippen LogP contribution in [0.3, 0.4) is 0 Å². The third kappa shape index (κ3) is 11.4. The second-order valence-corrected chi connectivity index (χ2v) is 18.9. The first-order valence-electron chi connectivity index (χ1n) is 24.9. The Labute approximate surface area is 427 Å². The van der Waals surface area contributed by atoms with Gasteiger partial charge in [0.2, 0.25) is 35.5 Å². The van der Waals surface area contributed by atoms with Gasteiger partial charge in [-0.05, 0) is 73.5 Å². The van der Waals surface area contributed by atoms with Gasteiger partial charge in [0, 0.05) is 91.9 Å². The molecule has 0 spiro atoms. The molecule has 3 aliphatic heterocycles. The highest BCUT2D eigenvalue weighted by molar-refractivity contribution is 6.25. The largest absolute Gasteiger partial charge is 0.378 e. The molecule has 0 saturated carbocycles. The Hall–Kier alpha value is -8.14. The van der Waals surface area contributed by atoms with Gasteiger partial charge in [-0.15, -0.1) is 0 Å². The fraction of sp³-hybridized carbons (Fsp3) is 0.358. The van der Waals surface area contributed by atoms with Gasteiger partial charge in [0.25, 0.3) is 11.8 Å². The lowest BCUT2D eigenvalue weighted by atomic mass is 9.99. The van der Waals surface area contributed by atoms with Crippen molar-refractivity contribution in [2.75, 3.05) is 80.4 Å². The molecule has 384 valence electrons. The summed E-state index contributed by atoms with van der Waals surface area (Å²) in [6.07, 6.45) is 8.76. The zero-order chi connectivity index (χ0) is 51.9. The van der Waals surface area contributed by atoms with E-state index in [1.165, 1.54) is 12.1 Å². The monoisotopic (exact) mass is 1000 g/mol. The molecule has 0 aliphatic carbocycles. The van der Waals surface area contributed by atoms with Gasteiger partial charge in [0.1, 0.15) is 6.04 Å². The molecule has 6 aromatic rings. The number of carbonyl (C=O) groups excluding carboxylic acids is 6. The number of benzene rings is 3. The van der Waals surface area contributed by atoms with Crippen LogP contribution in [0.1, 0.15) is 77.3 Å². The Morgan fingerprint density at radius 3 is 2.57 bits per heavy atom. The van der Waals surface area contributed by atoms with E-state index in [0.29, 0.717) is 43.8 Å². The number of nitrogens with zero attached hydrogens (tertiary/aromatic N) is 8. The normalized spacial score (nSPS) is 16.2. The van der Waals surface area contributed by atoms with Crippen LogP contribution in [-0.4, -0.2) is 141 Å². The lowest BCUT2D eigenvalue weighted by Gasteiger charge is -2.30. The molecule has 21 nitrogen and oxygen atoms in total. The average molecular weight is 1010 g/mol. The number of imide groups is 2. The van der Waals surface area contributed by atoms with Crippen LogP contribution in [-0.2, 0) is 30.5 Å². The molecule has 0 bridgehead atoms. The Bertz CT molecular complexity index is 3150. The van der Waals surface area contributed by atoms with Gasteiger partial charge >= 0.3 is 0 Å². The molecule has 1 unspecified atom stereocenters. The standard InChI is InChI=1S/C53H60N14O7/c1-32(2)40-30-59-67-48(40)62-53(65-23-18-35(54)19-24-65)63-52(67)58-29-34-8-4-5-9-37(34)47-38-14-13-36(28-33(38)17-20-56-47)60-43(68)12-7-22-64(3)25-27-74-26-21-55-45(70)31-57-41-11-6-10-39-46(41)51(73)66(50(39)72)42-15-16-44(69)61-49(42)71/h4-14,17,20,28,30,32,35,42,57H,15-16,18-19,21-27,29,31,54H2,1-3H3,(H,55,70)(H,60,68)(H,58,62,63)(H,61,69,71)/b12-7+. The highest BCUT2D eigenvalue weighted by atomic mass is 16.5. The first-order chi connectivity index (χ1) is 35.8. The van der Waals surface area contributed by atoms with E-state index in [2.05, 4.69) is 62.6 Å². The number of ether oxygens (including phenoxy) is 1. The van der Waals surface area contributed by atoms with E-state index < -0.39 is 29.7 Å². The fourth-order valence-corrected chi connectivity index (χ4v) is 9.30. The van der Waals surface area contributed by atoms with Crippen LogP contribution in [0.15, 0.2) is 91.3 Å². The van der Waals surface area contributed by atoms with E-state index in [1.807, 2.05) is 54.5 Å². The first kappa shape index (κ1) is 50.8. The van der Waals surface area contributed by atoms with Crippen LogP contribution in [0.5, 0.6) is 0 Å². The summed E-state index contributed by atoms with van der Waals surface area (Å²) in [7, 11) is 1.91. The SMILES string of the molecule is CC(C)c1cnn2c(NCc3ccccc3-c3nccc4cc(NC(=O)/C=C/CN(C)CCOCCNC(=O)CNc5cccc6c5C(=O)N(C5CCC(=O)NC5=O)C6=O)ccc34)nc(N3CCC(N)CC3)nc12. The molecular weight excluding hydrogens is 945 g/mol. The molecule has 3 aromatic heterocycles. The summed E-state index contributed by atoms with van der Waals surface area (Å²) in [6, 6.07) is 19.6. The van der Waals surface area contributed by atoms with Gasteiger partial charge in [0.15, 0.2) is 5.65 Å². The van der Waals surface area contributed by atoms with E-state index in [-0.39, 0.29) is 73.1 Å². The Morgan fingerprint density at radius 1 is 0.946 bits per heavy atom. The van der Waals surface area contributed by atoms with Crippen molar-refractivity contribution in [1.82, 2.24) is 45.0 Å². The Morgan fingerprint density at radius 2 is 1.76 bits per heavy atom. The summed E-state index contributed by atoms with van der Waals surface area (Å²) in [4.78, 5) is 95.9. The van der Waals surface area contributed by atoms with Gasteiger partial charge in [-0.25, -0.2) is 0 Å². The third-order valence-electron chi connectivity index (χ3n) is 13.3. The molecule has 1 atom stereocenters. The predicted octanol–water partition coefficient (Wildman–Crippen LogP) is 4.08. The number of carbonyl (C=O) groups is 6. The predicted molar refractivity (Wildman–Crippen MR) is 279 cm³/mol. The van der Waals surface area contributed by atoms with E-state index in [9.17, 15) is 28.8 Å². The van der Waals surface area contributed by atoms with Crippen LogP contribution in [0.4, 0.5) is 23.3 Å². The first-order valence-corrected chi connectivity index (χ1v) is 24.9. The maximum Gasteiger partial charge on any atom is 0.264 e. The molecule has 7 N–H and O–H groups in total. The second-order valence-electron chi connectivity index (χ2n) is 18.9. The highest BCUT2D eigenvalue weighted by Crippen LogP contribution is 2.34. The number of hydrogen-bond acceptors (Lipinski definition) is 16. The smallest absolute Gasteiger partial charge is 0.264 e. The van der Waals surface area contributed by atoms with Crippen molar-refractivity contribution in [1.29, 1.82) is 0 Å². The Balaban J connectivity index is 0.717. The van der Waals surface area contributed by atoms with E-state index in [0.717, 1.165) is 69.6 Å². The van der Waals surface area contributed by atoms with Crippen molar-refractivity contribution in [2.24, 2.45) is 5.73 Å². The lowest BCUT2D eigenvalue weighted by molar-refractivity contribution is -0.136. The maximum atomic E-state index is 13.3. The minimum absolute atomic E-state index is 0.0162. The molecule has 2 fully saturated rings. The van der Waals surface area contributed by atoms with Crippen LogP contribution in [0.2, 0.25) is 0 Å². The number of anilines is 4. The summed E-state index contributed by atoms with van der Waals surface area (Å²) in [6.45, 7) is 8.11. The molecule has 0 radical (unpaired) electrons. The minimum atomic E-state index is -1.09. The van der Waals surface area contributed by atoms with Gasteiger partial charge in [-0.1, -0.05) is 56.3 Å². The number of piperidine rings is 2. The van der Waals surface area contributed by atoms with Crippen molar-refractivity contribution in [2.45, 2.75) is 64.1 Å². The molecule has 21 heteroatoms. The van der Waals surface area contributed by atoms with Crippen LogP contribution >= 0.6 is 0 Å². The van der Waals surface area contributed by atoms with Gasteiger partial charge in [0.05, 0.1) is 42.8 Å². The number of pyridine rings is 1. The summed E-state index contributed by atoms with van der Waals surface area (Å²) < 4.78 is 7.49. The number of amides is 6. The van der Waals surface area contributed by atoms with Gasteiger partial charge in [-0.2, -0.15) is 19.6 Å². The summed E-state index contributed by atoms with van der Waals surface area (Å²) in [5, 5.41) is 20.9. The molecule has 6 amide bonds. The fourth-order valence-electron chi connectivity index (χ4n) is 9.30. The molecule has 9 rings (SSSR count). The third-order valence-corrected chi connectivity index (χ3v) is 13.3. The summed E-state index contributed by atoms with van der Waals surface area (Å²) >= 11 is 0. The molecular formula is C53H60N14O7. The number of likely N-dealkylation sites (N-methyl/N-ethyl adjacent to an activating group) is 1. The van der Waals surface area contributed by atoms with Crippen molar-refractivity contribution in [3.8, 4) is 11.3 Å². The van der Waals surface area contributed by atoms with Crippen molar-refractivity contribution in [3.05, 3.63) is 114 Å². The van der Waals surface area contributed by atoms with Gasteiger partial charge < -0.3 is 41.5 Å². The number of nitrogens with two attached hydrogens (primary N) is 1. The molecule has 2 saturated heterocycles. The quantitative estimate of drug-likeness (QED) is 0.0358. The van der Waals surface area contributed by atoms with Crippen molar-refractivity contribution in [3.63, 3.8) is 0 Å². The number of nitrogens with one attached hydrogen (secondary N) is 5. The minimum Gasteiger partial charge on any atom is -0.378 e. The zero-order valence-electron chi connectivity index (χ0n) is 41.6. The van der Waals surface area contributed by atoms with E-state index in [4.69, 9.17) is 25.4 Å². The van der Waals surface area contributed by atoms with Crippen LogP contribution < -0.4 is 37.2 Å². The van der Waals surface area contributed by atoms with Crippen molar-refractivity contribution < 1.29 is 33.5 Å². The molecule has 3 aromatic carbocycles. The van der Waals surface area contributed by atoms with Crippen LogP contribution in [0.25, 0.3) is 27.7 Å². The van der Waals surface area contributed by atoms with E-state index >= 15 is 0 Å². The van der Waals surface area contributed by atoms with E-state index in [1.54, 1.807) is 28.9 Å². The topological polar surface area (TPSA) is 264 Å². The molecule has 3 aliphatic rings.